The number of rotatable bonds is 6. The van der Waals surface area contributed by atoms with Crippen LogP contribution in [0.5, 0.6) is 5.88 Å². The lowest BCUT2D eigenvalue weighted by molar-refractivity contribution is 0.151. The van der Waals surface area contributed by atoms with Crippen molar-refractivity contribution >= 4 is 29.0 Å². The summed E-state index contributed by atoms with van der Waals surface area (Å²) in [4.78, 5) is 20.1. The molecular formula is C21H26ClN5O3S. The van der Waals surface area contributed by atoms with E-state index in [4.69, 9.17) is 20.9 Å². The van der Waals surface area contributed by atoms with Gasteiger partial charge in [-0.15, -0.1) is 11.3 Å². The molecule has 0 radical (unpaired) electrons. The normalized spacial score (nSPS) is 15.5. The van der Waals surface area contributed by atoms with Crippen molar-refractivity contribution in [2.45, 2.75) is 52.2 Å². The Hall–Kier alpha value is -2.36. The number of ether oxygens (including phenoxy) is 1. The number of piperidine rings is 1. The van der Waals surface area contributed by atoms with Crippen molar-refractivity contribution in [3.8, 4) is 16.5 Å². The summed E-state index contributed by atoms with van der Waals surface area (Å²) >= 11 is 7.42. The van der Waals surface area contributed by atoms with Crippen LogP contribution in [0.4, 0.5) is 4.79 Å². The quantitative estimate of drug-likeness (QED) is 0.576. The second-order valence-corrected chi connectivity index (χ2v) is 9.70. The fourth-order valence-electron chi connectivity index (χ4n) is 3.68. The summed E-state index contributed by atoms with van der Waals surface area (Å²) in [5.41, 5.74) is 1.33. The number of aryl methyl sites for hydroxylation is 1. The fourth-order valence-corrected chi connectivity index (χ4v) is 4.68. The molecule has 10 heteroatoms. The summed E-state index contributed by atoms with van der Waals surface area (Å²) in [7, 11) is 0. The zero-order valence-corrected chi connectivity index (χ0v) is 19.4. The molecule has 1 amide bonds. The summed E-state index contributed by atoms with van der Waals surface area (Å²) in [6.07, 6.45) is 3.01. The Kier molecular flexibility index (Phi) is 6.64. The summed E-state index contributed by atoms with van der Waals surface area (Å²) in [6, 6.07) is 6.21. The van der Waals surface area contributed by atoms with Crippen LogP contribution in [0.3, 0.4) is 0 Å². The van der Waals surface area contributed by atoms with Crippen molar-refractivity contribution < 1.29 is 14.1 Å². The van der Waals surface area contributed by atoms with Gasteiger partial charge in [0.15, 0.2) is 5.76 Å². The Morgan fingerprint density at radius 2 is 2.16 bits per heavy atom. The summed E-state index contributed by atoms with van der Waals surface area (Å²) in [5.74, 6) is 1.05. The van der Waals surface area contributed by atoms with E-state index in [0.29, 0.717) is 40.0 Å². The Labute approximate surface area is 190 Å². The molecule has 8 nitrogen and oxygen atoms in total. The van der Waals surface area contributed by atoms with Gasteiger partial charge in [0.05, 0.1) is 27.8 Å². The first-order valence-electron chi connectivity index (χ1n) is 10.3. The number of hydrogen-bond acceptors (Lipinski definition) is 7. The van der Waals surface area contributed by atoms with E-state index in [9.17, 15) is 4.79 Å². The molecule has 1 aliphatic rings. The first-order chi connectivity index (χ1) is 14.9. The number of carbonyl (C=O) groups is 1. The van der Waals surface area contributed by atoms with Gasteiger partial charge >= 0.3 is 6.09 Å². The highest BCUT2D eigenvalue weighted by Crippen LogP contribution is 2.31. The van der Waals surface area contributed by atoms with E-state index in [0.717, 1.165) is 30.8 Å². The number of aromatic nitrogens is 3. The molecule has 0 aromatic carbocycles. The zero-order chi connectivity index (χ0) is 22.0. The topological polar surface area (TPSA) is 85.4 Å². The van der Waals surface area contributed by atoms with Gasteiger partial charge in [0, 0.05) is 31.2 Å². The second-order valence-electron chi connectivity index (χ2n) is 7.99. The molecule has 1 aliphatic heterocycles. The molecule has 0 atom stereocenters. The van der Waals surface area contributed by atoms with E-state index in [2.05, 4.69) is 34.2 Å². The highest BCUT2D eigenvalue weighted by molar-refractivity contribution is 7.19. The lowest BCUT2D eigenvalue weighted by Crippen LogP contribution is -2.47. The van der Waals surface area contributed by atoms with Gasteiger partial charge in [0.25, 0.3) is 0 Å². The fraction of sp³-hybridized carbons (Fsp3) is 0.476. The molecule has 31 heavy (non-hydrogen) atoms. The predicted octanol–water partition coefficient (Wildman–Crippen LogP) is 4.57. The van der Waals surface area contributed by atoms with Gasteiger partial charge in [0.1, 0.15) is 5.69 Å². The number of halogens is 1. The monoisotopic (exact) mass is 463 g/mol. The number of nitrogens with zero attached hydrogens (tertiary/aromatic N) is 4. The highest BCUT2D eigenvalue weighted by Gasteiger charge is 2.24. The molecular weight excluding hydrogens is 438 g/mol. The Morgan fingerprint density at radius 1 is 1.39 bits per heavy atom. The minimum atomic E-state index is -0.457. The van der Waals surface area contributed by atoms with Crippen LogP contribution in [-0.2, 0) is 6.54 Å². The van der Waals surface area contributed by atoms with Crippen LogP contribution in [0, 0.1) is 6.92 Å². The van der Waals surface area contributed by atoms with Crippen LogP contribution in [0.2, 0.25) is 4.34 Å². The first-order valence-corrected chi connectivity index (χ1v) is 11.5. The van der Waals surface area contributed by atoms with Crippen LogP contribution in [-0.4, -0.2) is 50.9 Å². The number of amides is 1. The molecule has 0 saturated carbocycles. The molecule has 1 N–H and O–H groups in total. The van der Waals surface area contributed by atoms with E-state index >= 15 is 0 Å². The molecule has 0 spiro atoms. The van der Waals surface area contributed by atoms with Gasteiger partial charge < -0.3 is 19.5 Å². The number of carbonyl (C=O) groups excluding carboxylic acids is 1. The van der Waals surface area contributed by atoms with Crippen LogP contribution < -0.4 is 10.1 Å². The number of hydrogen-bond donors (Lipinski definition) is 1. The minimum absolute atomic E-state index is 0.120. The van der Waals surface area contributed by atoms with Crippen molar-refractivity contribution in [3.63, 3.8) is 0 Å². The van der Waals surface area contributed by atoms with Crippen LogP contribution in [0.1, 0.15) is 38.1 Å². The third-order valence-electron chi connectivity index (χ3n) is 5.44. The maximum atomic E-state index is 12.5. The molecule has 3 aromatic rings. The zero-order valence-electron chi connectivity index (χ0n) is 17.8. The van der Waals surface area contributed by atoms with Gasteiger partial charge in [0.2, 0.25) is 5.88 Å². The number of nitrogens with one attached hydrogen (secondary N) is 1. The smallest absolute Gasteiger partial charge is 0.391 e. The maximum Gasteiger partial charge on any atom is 0.414 e. The van der Waals surface area contributed by atoms with E-state index in [-0.39, 0.29) is 6.04 Å². The maximum absolute atomic E-state index is 12.5. The molecule has 0 aliphatic carbocycles. The highest BCUT2D eigenvalue weighted by atomic mass is 35.5. The molecule has 3 aromatic heterocycles. The third-order valence-corrected chi connectivity index (χ3v) is 6.69. The number of imidazole rings is 1. The third kappa shape index (κ3) is 5.28. The Bertz CT molecular complexity index is 1040. The molecule has 0 unspecified atom stereocenters. The van der Waals surface area contributed by atoms with Gasteiger partial charge in [-0.25, -0.2) is 9.78 Å². The molecule has 4 heterocycles. The summed E-state index contributed by atoms with van der Waals surface area (Å²) in [6.45, 7) is 8.52. The van der Waals surface area contributed by atoms with Gasteiger partial charge in [-0.05, 0) is 45.7 Å². The summed E-state index contributed by atoms with van der Waals surface area (Å²) in [5, 5.41) is 7.11. The van der Waals surface area contributed by atoms with Crippen LogP contribution >= 0.6 is 22.9 Å². The minimum Gasteiger partial charge on any atom is -0.391 e. The van der Waals surface area contributed by atoms with Crippen molar-refractivity contribution in [2.75, 3.05) is 13.1 Å². The standard InChI is InChI=1S/C21H26ClN5O3S/c1-13(2)26-8-6-15(7-9-26)24-21(28)29-20-14(3)23-12-27(20)11-16-10-17(30-25-16)18-4-5-19(22)31-18/h4-5,10,12-13,15H,6-9,11H2,1-3H3,(H,24,28). The van der Waals surface area contributed by atoms with Gasteiger partial charge in [-0.2, -0.15) is 0 Å². The second kappa shape index (κ2) is 9.42. The van der Waals surface area contributed by atoms with Gasteiger partial charge in [-0.3, -0.25) is 4.57 Å². The molecule has 1 fully saturated rings. The largest absolute Gasteiger partial charge is 0.414 e. The predicted molar refractivity (Wildman–Crippen MR) is 120 cm³/mol. The van der Waals surface area contributed by atoms with Crippen LogP contribution in [0.15, 0.2) is 29.0 Å². The molecule has 1 saturated heterocycles. The van der Waals surface area contributed by atoms with E-state index in [1.54, 1.807) is 10.9 Å². The van der Waals surface area contributed by atoms with Crippen LogP contribution in [0.25, 0.3) is 10.6 Å². The lowest BCUT2D eigenvalue weighted by Gasteiger charge is -2.34. The molecule has 0 bridgehead atoms. The Morgan fingerprint density at radius 3 is 2.84 bits per heavy atom. The van der Waals surface area contributed by atoms with Crippen molar-refractivity contribution in [2.24, 2.45) is 0 Å². The average molecular weight is 464 g/mol. The first kappa shape index (κ1) is 21.9. The number of likely N-dealkylation sites (tertiary alicyclic amines) is 1. The van der Waals surface area contributed by atoms with Crippen molar-refractivity contribution in [1.82, 2.24) is 24.9 Å². The van der Waals surface area contributed by atoms with E-state index in [1.165, 1.54) is 11.3 Å². The summed E-state index contributed by atoms with van der Waals surface area (Å²) < 4.78 is 13.5. The average Bonchev–Trinajstić information content (AvgIpc) is 3.45. The Balaban J connectivity index is 1.37. The van der Waals surface area contributed by atoms with E-state index < -0.39 is 6.09 Å². The van der Waals surface area contributed by atoms with E-state index in [1.807, 2.05) is 25.1 Å². The molecule has 166 valence electrons. The lowest BCUT2D eigenvalue weighted by atomic mass is 10.0. The van der Waals surface area contributed by atoms with Gasteiger partial charge in [-0.1, -0.05) is 16.8 Å². The molecule has 4 rings (SSSR count). The SMILES string of the molecule is Cc1ncn(Cc2cc(-c3ccc(Cl)s3)on2)c1OC(=O)NC1CCN(C(C)C)CC1. The van der Waals surface area contributed by atoms with Crippen molar-refractivity contribution in [3.05, 3.63) is 40.3 Å². The van der Waals surface area contributed by atoms with Crippen molar-refractivity contribution in [1.29, 1.82) is 0 Å². The number of thiophene rings is 1.